The summed E-state index contributed by atoms with van der Waals surface area (Å²) in [5.74, 6) is -2.38. The van der Waals surface area contributed by atoms with Crippen LogP contribution in [-0.2, 0) is 21.1 Å². The largest absolute Gasteiger partial charge is 0.471 e. The van der Waals surface area contributed by atoms with E-state index in [1.165, 1.54) is 28.8 Å². The number of esters is 1. The minimum absolute atomic E-state index is 0.0280. The number of alkyl halides is 3. The van der Waals surface area contributed by atoms with Gasteiger partial charge in [-0.1, -0.05) is 6.07 Å². The van der Waals surface area contributed by atoms with Crippen molar-refractivity contribution < 1.29 is 32.2 Å². The number of anilines is 1. The van der Waals surface area contributed by atoms with E-state index >= 15 is 0 Å². The van der Waals surface area contributed by atoms with Crippen molar-refractivity contribution in [2.75, 3.05) is 5.32 Å². The summed E-state index contributed by atoms with van der Waals surface area (Å²) >= 11 is 6.00. The van der Waals surface area contributed by atoms with E-state index in [1.54, 1.807) is 38.4 Å². The van der Waals surface area contributed by atoms with E-state index in [4.69, 9.17) is 21.1 Å². The molecule has 3 aromatic rings. The lowest BCUT2D eigenvalue weighted by atomic mass is 9.98. The molecule has 0 saturated carbocycles. The van der Waals surface area contributed by atoms with Crippen molar-refractivity contribution >= 4 is 40.2 Å². The Kier molecular flexibility index (Phi) is 6.31. The van der Waals surface area contributed by atoms with Gasteiger partial charge in [0.05, 0.1) is 10.8 Å². The first-order valence-corrected chi connectivity index (χ1v) is 9.58. The fourth-order valence-corrected chi connectivity index (χ4v) is 2.65. The van der Waals surface area contributed by atoms with Gasteiger partial charge in [0.1, 0.15) is 5.75 Å². The summed E-state index contributed by atoms with van der Waals surface area (Å²) in [6.07, 6.45) is -3.43. The number of nitrogens with one attached hydrogen (secondary N) is 1. The summed E-state index contributed by atoms with van der Waals surface area (Å²) in [4.78, 5) is 31.3. The molecule has 8 nitrogen and oxygen atoms in total. The SMILES string of the molecule is CC(C)(C)C(=O)OCn1ccc2c(Oc3cccc(NC(=O)C(F)(F)F)c3)nc(Cl)nc21. The Bertz CT molecular complexity index is 1170. The van der Waals surface area contributed by atoms with Gasteiger partial charge in [-0.15, -0.1) is 0 Å². The number of hydrogen-bond acceptors (Lipinski definition) is 6. The summed E-state index contributed by atoms with van der Waals surface area (Å²) in [6, 6.07) is 6.96. The number of rotatable bonds is 5. The Labute approximate surface area is 185 Å². The number of halogens is 4. The lowest BCUT2D eigenvalue weighted by Gasteiger charge is -2.17. The predicted molar refractivity (Wildman–Crippen MR) is 109 cm³/mol. The van der Waals surface area contributed by atoms with Crippen molar-refractivity contribution in [3.8, 4) is 11.6 Å². The number of ether oxygens (including phenoxy) is 2. The second-order valence-electron chi connectivity index (χ2n) is 7.71. The van der Waals surface area contributed by atoms with Crippen LogP contribution in [0.2, 0.25) is 5.28 Å². The predicted octanol–water partition coefficient (Wildman–Crippen LogP) is 4.92. The van der Waals surface area contributed by atoms with Crippen LogP contribution in [0, 0.1) is 5.41 Å². The minimum atomic E-state index is -5.03. The number of nitrogens with zero attached hydrogens (tertiary/aromatic N) is 3. The van der Waals surface area contributed by atoms with Crippen LogP contribution < -0.4 is 10.1 Å². The van der Waals surface area contributed by atoms with Crippen LogP contribution in [0.4, 0.5) is 18.9 Å². The number of fused-ring (bicyclic) bond motifs is 1. The van der Waals surface area contributed by atoms with Gasteiger partial charge in [0.2, 0.25) is 11.2 Å². The van der Waals surface area contributed by atoms with Crippen molar-refractivity contribution in [1.29, 1.82) is 0 Å². The lowest BCUT2D eigenvalue weighted by molar-refractivity contribution is -0.167. The second kappa shape index (κ2) is 8.65. The molecule has 2 aromatic heterocycles. The van der Waals surface area contributed by atoms with E-state index in [9.17, 15) is 22.8 Å². The maximum atomic E-state index is 12.5. The maximum absolute atomic E-state index is 12.5. The highest BCUT2D eigenvalue weighted by Gasteiger charge is 2.38. The summed E-state index contributed by atoms with van der Waals surface area (Å²) in [6.45, 7) is 5.04. The number of amides is 1. The first-order valence-electron chi connectivity index (χ1n) is 9.20. The molecule has 3 rings (SSSR count). The van der Waals surface area contributed by atoms with Gasteiger partial charge in [0.15, 0.2) is 12.4 Å². The summed E-state index contributed by atoms with van der Waals surface area (Å²) < 4.78 is 49.9. The summed E-state index contributed by atoms with van der Waals surface area (Å²) in [5.41, 5.74) is -0.479. The number of aromatic nitrogens is 3. The van der Waals surface area contributed by atoms with Crippen molar-refractivity contribution in [2.24, 2.45) is 5.41 Å². The molecule has 1 aromatic carbocycles. The number of benzene rings is 1. The maximum Gasteiger partial charge on any atom is 0.471 e. The number of carbonyl (C=O) groups excluding carboxylic acids is 2. The molecule has 0 spiro atoms. The molecule has 0 saturated heterocycles. The van der Waals surface area contributed by atoms with Crippen LogP contribution in [-0.4, -0.2) is 32.6 Å². The van der Waals surface area contributed by atoms with Crippen molar-refractivity contribution in [1.82, 2.24) is 14.5 Å². The molecule has 1 amide bonds. The third-order valence-corrected chi connectivity index (χ3v) is 4.24. The molecular formula is C20H18ClF3N4O4. The average molecular weight is 471 g/mol. The van der Waals surface area contributed by atoms with Crippen LogP contribution >= 0.6 is 11.6 Å². The van der Waals surface area contributed by atoms with Crippen molar-refractivity contribution in [2.45, 2.75) is 33.7 Å². The molecule has 0 unspecified atom stereocenters. The highest BCUT2D eigenvalue weighted by Crippen LogP contribution is 2.31. The fraction of sp³-hybridized carbons (Fsp3) is 0.300. The Balaban J connectivity index is 1.84. The smallest absolute Gasteiger partial charge is 0.443 e. The fourth-order valence-electron chi connectivity index (χ4n) is 2.49. The standard InChI is InChI=1S/C20H18ClF3N4O4/c1-19(2,3)17(30)31-10-28-8-7-13-14(28)26-18(21)27-15(13)32-12-6-4-5-11(9-12)25-16(29)20(22,23)24/h4-9H,10H2,1-3H3,(H,25,29). The van der Waals surface area contributed by atoms with E-state index in [0.29, 0.717) is 11.0 Å². The molecule has 1 N–H and O–H groups in total. The van der Waals surface area contributed by atoms with E-state index in [1.807, 2.05) is 0 Å². The molecule has 170 valence electrons. The monoisotopic (exact) mass is 470 g/mol. The molecule has 0 aliphatic rings. The van der Waals surface area contributed by atoms with Crippen molar-refractivity contribution in [3.05, 3.63) is 41.8 Å². The van der Waals surface area contributed by atoms with Gasteiger partial charge in [0.25, 0.3) is 0 Å². The van der Waals surface area contributed by atoms with Gasteiger partial charge >= 0.3 is 18.1 Å². The topological polar surface area (TPSA) is 95.3 Å². The zero-order chi connectivity index (χ0) is 23.7. The van der Waals surface area contributed by atoms with Gasteiger partial charge in [-0.3, -0.25) is 14.2 Å². The molecule has 0 radical (unpaired) electrons. The first kappa shape index (κ1) is 23.3. The van der Waals surface area contributed by atoms with Crippen LogP contribution in [0.15, 0.2) is 36.5 Å². The van der Waals surface area contributed by atoms with Crippen molar-refractivity contribution in [3.63, 3.8) is 0 Å². The Morgan fingerprint density at radius 2 is 1.88 bits per heavy atom. The lowest BCUT2D eigenvalue weighted by Crippen LogP contribution is -2.29. The van der Waals surface area contributed by atoms with E-state index in [0.717, 1.165) is 0 Å². The third kappa shape index (κ3) is 5.47. The normalized spacial score (nSPS) is 12.0. The summed E-state index contributed by atoms with van der Waals surface area (Å²) in [5, 5.41) is 2.01. The van der Waals surface area contributed by atoms with Gasteiger partial charge < -0.3 is 14.8 Å². The van der Waals surface area contributed by atoms with Crippen LogP contribution in [0.3, 0.4) is 0 Å². The molecule has 12 heteroatoms. The van der Waals surface area contributed by atoms with E-state index < -0.39 is 23.5 Å². The Morgan fingerprint density at radius 3 is 2.53 bits per heavy atom. The summed E-state index contributed by atoms with van der Waals surface area (Å²) in [7, 11) is 0. The second-order valence-corrected chi connectivity index (χ2v) is 8.05. The highest BCUT2D eigenvalue weighted by atomic mass is 35.5. The van der Waals surface area contributed by atoms with Gasteiger partial charge in [0, 0.05) is 18.0 Å². The molecule has 0 atom stereocenters. The third-order valence-electron chi connectivity index (χ3n) is 4.07. The molecule has 0 aliphatic heterocycles. The van der Waals surface area contributed by atoms with E-state index in [-0.39, 0.29) is 29.3 Å². The Morgan fingerprint density at radius 1 is 1.16 bits per heavy atom. The van der Waals surface area contributed by atoms with Crippen LogP contribution in [0.1, 0.15) is 20.8 Å². The first-order chi connectivity index (χ1) is 14.8. The van der Waals surface area contributed by atoms with Crippen LogP contribution in [0.5, 0.6) is 11.6 Å². The molecular weight excluding hydrogens is 453 g/mol. The minimum Gasteiger partial charge on any atom is -0.443 e. The molecule has 0 fully saturated rings. The molecule has 32 heavy (non-hydrogen) atoms. The average Bonchev–Trinajstić information content (AvgIpc) is 3.07. The van der Waals surface area contributed by atoms with Gasteiger partial charge in [-0.05, 0) is 50.6 Å². The van der Waals surface area contributed by atoms with Crippen LogP contribution in [0.25, 0.3) is 11.0 Å². The highest BCUT2D eigenvalue weighted by molar-refractivity contribution is 6.28. The zero-order valence-electron chi connectivity index (χ0n) is 17.2. The molecule has 0 aliphatic carbocycles. The zero-order valence-corrected chi connectivity index (χ0v) is 17.9. The molecule has 2 heterocycles. The molecule has 0 bridgehead atoms. The van der Waals surface area contributed by atoms with Gasteiger partial charge in [-0.2, -0.15) is 23.1 Å². The number of hydrogen-bond donors (Lipinski definition) is 1. The quantitative estimate of drug-likeness (QED) is 0.420. The van der Waals surface area contributed by atoms with Gasteiger partial charge in [-0.25, -0.2) is 0 Å². The Hall–Kier alpha value is -3.34. The van der Waals surface area contributed by atoms with E-state index in [2.05, 4.69) is 9.97 Å². The number of carbonyl (C=O) groups is 2.